The molecule has 0 saturated carbocycles. The molecule has 0 radical (unpaired) electrons. The van der Waals surface area contributed by atoms with Crippen LogP contribution < -0.4 is 11.1 Å². The fourth-order valence-electron chi connectivity index (χ4n) is 1.59. The lowest BCUT2D eigenvalue weighted by Gasteiger charge is -2.20. The lowest BCUT2D eigenvalue weighted by atomic mass is 10.1. The number of hydrogen-bond donors (Lipinski definition) is 2. The van der Waals surface area contributed by atoms with Gasteiger partial charge in [-0.05, 0) is 18.2 Å². The van der Waals surface area contributed by atoms with E-state index in [2.05, 4.69) is 10.3 Å². The number of amides is 1. The second kappa shape index (κ2) is 7.03. The molecule has 0 spiro atoms. The number of nitrogens with zero attached hydrogens (tertiary/aromatic N) is 2. The van der Waals surface area contributed by atoms with E-state index in [1.165, 1.54) is 0 Å². The fourth-order valence-corrected chi connectivity index (χ4v) is 1.77. The molecule has 1 amide bonds. The summed E-state index contributed by atoms with van der Waals surface area (Å²) in [6, 6.07) is 3.76. The van der Waals surface area contributed by atoms with Crippen LogP contribution in [0.3, 0.4) is 0 Å². The van der Waals surface area contributed by atoms with Gasteiger partial charge in [0.2, 0.25) is 5.91 Å². The minimum Gasteiger partial charge on any atom is -0.388 e. The normalized spacial score (nSPS) is 10.4. The number of aromatic nitrogens is 1. The first-order valence-corrected chi connectivity index (χ1v) is 6.16. The van der Waals surface area contributed by atoms with Crippen LogP contribution in [-0.2, 0) is 11.3 Å². The van der Waals surface area contributed by atoms with Crippen LogP contribution in [0.5, 0.6) is 0 Å². The molecule has 98 valence electrons. The smallest absolute Gasteiger partial charge is 0.233 e. The number of thiocarbonyl (C=S) groups is 1. The Kier molecular flexibility index (Phi) is 5.67. The number of carbonyl (C=O) groups excluding carboxylic acids is 1. The van der Waals surface area contributed by atoms with Crippen molar-refractivity contribution in [2.45, 2.75) is 13.5 Å². The van der Waals surface area contributed by atoms with Gasteiger partial charge in [0.15, 0.2) is 0 Å². The molecule has 0 saturated heterocycles. The zero-order valence-electron chi connectivity index (χ0n) is 10.6. The van der Waals surface area contributed by atoms with E-state index in [1.54, 1.807) is 13.2 Å². The highest BCUT2D eigenvalue weighted by Crippen LogP contribution is 2.09. The third kappa shape index (κ3) is 4.05. The van der Waals surface area contributed by atoms with E-state index in [1.807, 2.05) is 24.0 Å². The summed E-state index contributed by atoms with van der Waals surface area (Å²) >= 11 is 4.97. The molecule has 18 heavy (non-hydrogen) atoms. The summed E-state index contributed by atoms with van der Waals surface area (Å²) in [5.74, 6) is -0.0161. The molecule has 1 aromatic rings. The lowest BCUT2D eigenvalue weighted by molar-refractivity contribution is -0.121. The van der Waals surface area contributed by atoms with Crippen LogP contribution in [0.1, 0.15) is 18.2 Å². The molecule has 6 heteroatoms. The van der Waals surface area contributed by atoms with Crippen LogP contribution in [0.15, 0.2) is 18.3 Å². The predicted octanol–water partition coefficient (Wildman–Crippen LogP) is 0.284. The van der Waals surface area contributed by atoms with Crippen molar-refractivity contribution in [3.05, 3.63) is 29.6 Å². The number of carbonyl (C=O) groups is 1. The molecule has 1 rings (SSSR count). The third-order valence-electron chi connectivity index (χ3n) is 2.61. The van der Waals surface area contributed by atoms with E-state index in [4.69, 9.17) is 18.0 Å². The summed E-state index contributed by atoms with van der Waals surface area (Å²) in [7, 11) is 1.63. The molecule has 3 N–H and O–H groups in total. The van der Waals surface area contributed by atoms with Crippen molar-refractivity contribution in [2.24, 2.45) is 5.73 Å². The standard InChI is InChI=1S/C12H18N4OS/c1-3-16(8-10(17)14-2)7-9-5-4-6-15-11(9)12(13)18/h4-6H,3,7-8H2,1-2H3,(H2,13,18)(H,14,17). The minimum absolute atomic E-state index is 0.0161. The monoisotopic (exact) mass is 266 g/mol. The van der Waals surface area contributed by atoms with Crippen LogP contribution in [0, 0.1) is 0 Å². The van der Waals surface area contributed by atoms with Gasteiger partial charge in [-0.2, -0.15) is 0 Å². The van der Waals surface area contributed by atoms with Crippen molar-refractivity contribution >= 4 is 23.1 Å². The van der Waals surface area contributed by atoms with Crippen LogP contribution in [0.25, 0.3) is 0 Å². The molecule has 5 nitrogen and oxygen atoms in total. The quantitative estimate of drug-likeness (QED) is 0.724. The summed E-state index contributed by atoms with van der Waals surface area (Å²) in [6.07, 6.45) is 1.66. The molecule has 0 bridgehead atoms. The van der Waals surface area contributed by atoms with E-state index >= 15 is 0 Å². The maximum atomic E-state index is 11.4. The zero-order chi connectivity index (χ0) is 13.5. The van der Waals surface area contributed by atoms with Gasteiger partial charge in [-0.15, -0.1) is 0 Å². The van der Waals surface area contributed by atoms with E-state index in [0.717, 1.165) is 12.1 Å². The van der Waals surface area contributed by atoms with E-state index in [9.17, 15) is 4.79 Å². The molecule has 0 atom stereocenters. The Morgan fingerprint density at radius 2 is 2.33 bits per heavy atom. The van der Waals surface area contributed by atoms with Gasteiger partial charge < -0.3 is 11.1 Å². The van der Waals surface area contributed by atoms with Gasteiger partial charge in [0.25, 0.3) is 0 Å². The Morgan fingerprint density at radius 3 is 2.89 bits per heavy atom. The summed E-state index contributed by atoms with van der Waals surface area (Å²) < 4.78 is 0. The van der Waals surface area contributed by atoms with Crippen molar-refractivity contribution in [3.63, 3.8) is 0 Å². The second-order valence-electron chi connectivity index (χ2n) is 3.85. The minimum atomic E-state index is -0.0161. The largest absolute Gasteiger partial charge is 0.388 e. The van der Waals surface area contributed by atoms with Gasteiger partial charge in [-0.3, -0.25) is 14.7 Å². The van der Waals surface area contributed by atoms with Crippen molar-refractivity contribution in [3.8, 4) is 0 Å². The van der Waals surface area contributed by atoms with Gasteiger partial charge in [0.1, 0.15) is 10.7 Å². The Balaban J connectivity index is 2.81. The third-order valence-corrected chi connectivity index (χ3v) is 2.81. The van der Waals surface area contributed by atoms with Crippen LogP contribution >= 0.6 is 12.2 Å². The molecule has 1 aromatic heterocycles. The average Bonchev–Trinajstić information content (AvgIpc) is 2.38. The number of likely N-dealkylation sites (N-methyl/N-ethyl adjacent to an activating group) is 2. The predicted molar refractivity (Wildman–Crippen MR) is 75.1 cm³/mol. The van der Waals surface area contributed by atoms with Crippen LogP contribution in [0.4, 0.5) is 0 Å². The summed E-state index contributed by atoms with van der Waals surface area (Å²) in [4.78, 5) is 17.8. The number of nitrogens with one attached hydrogen (secondary N) is 1. The summed E-state index contributed by atoms with van der Waals surface area (Å²) in [5, 5.41) is 2.61. The van der Waals surface area contributed by atoms with Gasteiger partial charge in [-0.25, -0.2) is 0 Å². The highest BCUT2D eigenvalue weighted by molar-refractivity contribution is 7.80. The van der Waals surface area contributed by atoms with Crippen LogP contribution in [-0.4, -0.2) is 40.9 Å². The topological polar surface area (TPSA) is 71.2 Å². The maximum absolute atomic E-state index is 11.4. The highest BCUT2D eigenvalue weighted by atomic mass is 32.1. The number of rotatable bonds is 6. The fraction of sp³-hybridized carbons (Fsp3) is 0.417. The van der Waals surface area contributed by atoms with Crippen molar-refractivity contribution in [1.29, 1.82) is 0 Å². The van der Waals surface area contributed by atoms with E-state index in [0.29, 0.717) is 18.8 Å². The van der Waals surface area contributed by atoms with Gasteiger partial charge in [0.05, 0.1) is 6.54 Å². The van der Waals surface area contributed by atoms with Crippen molar-refractivity contribution < 1.29 is 4.79 Å². The Morgan fingerprint density at radius 1 is 1.61 bits per heavy atom. The summed E-state index contributed by atoms with van der Waals surface area (Å²) in [5.41, 5.74) is 7.20. The Labute approximate surface area is 112 Å². The molecule has 1 heterocycles. The zero-order valence-corrected chi connectivity index (χ0v) is 11.5. The molecule has 0 aliphatic rings. The second-order valence-corrected chi connectivity index (χ2v) is 4.29. The highest BCUT2D eigenvalue weighted by Gasteiger charge is 2.12. The van der Waals surface area contributed by atoms with Gasteiger partial charge in [-0.1, -0.05) is 25.2 Å². The van der Waals surface area contributed by atoms with E-state index in [-0.39, 0.29) is 10.9 Å². The number of pyridine rings is 1. The van der Waals surface area contributed by atoms with Gasteiger partial charge in [0, 0.05) is 19.8 Å². The Hall–Kier alpha value is -1.53. The maximum Gasteiger partial charge on any atom is 0.233 e. The number of nitrogens with two attached hydrogens (primary N) is 1. The molecule has 0 aliphatic heterocycles. The molecular formula is C12H18N4OS. The van der Waals surface area contributed by atoms with Crippen molar-refractivity contribution in [1.82, 2.24) is 15.2 Å². The molecule has 0 aliphatic carbocycles. The van der Waals surface area contributed by atoms with Crippen LogP contribution in [0.2, 0.25) is 0 Å². The average molecular weight is 266 g/mol. The first kappa shape index (κ1) is 14.5. The SMILES string of the molecule is CCN(CC(=O)NC)Cc1cccnc1C(N)=S. The number of hydrogen-bond acceptors (Lipinski definition) is 4. The molecule has 0 unspecified atom stereocenters. The molecule has 0 aromatic carbocycles. The summed E-state index contributed by atoms with van der Waals surface area (Å²) in [6.45, 7) is 3.71. The lowest BCUT2D eigenvalue weighted by Crippen LogP contribution is -2.35. The van der Waals surface area contributed by atoms with E-state index < -0.39 is 0 Å². The first-order valence-electron chi connectivity index (χ1n) is 5.75. The first-order chi connectivity index (χ1) is 8.58. The molecule has 0 fully saturated rings. The Bertz CT molecular complexity index is 436. The van der Waals surface area contributed by atoms with Gasteiger partial charge >= 0.3 is 0 Å². The van der Waals surface area contributed by atoms with Crippen molar-refractivity contribution in [2.75, 3.05) is 20.1 Å². The molecular weight excluding hydrogens is 248 g/mol.